The van der Waals surface area contributed by atoms with Crippen molar-refractivity contribution < 1.29 is 18.0 Å². The Bertz CT molecular complexity index is 683. The molecule has 0 unspecified atom stereocenters. The van der Waals surface area contributed by atoms with Gasteiger partial charge in [0.25, 0.3) is 9.70 Å². The van der Waals surface area contributed by atoms with E-state index >= 15 is 0 Å². The van der Waals surface area contributed by atoms with Gasteiger partial charge >= 0.3 is 0 Å². The Hall–Kier alpha value is -0.300. The molecule has 0 aliphatic heterocycles. The van der Waals surface area contributed by atoms with Crippen molar-refractivity contribution in [2.24, 2.45) is 16.7 Å². The van der Waals surface area contributed by atoms with Crippen LogP contribution in [0.25, 0.3) is 0 Å². The lowest BCUT2D eigenvalue weighted by atomic mass is 9.70. The third kappa shape index (κ3) is 3.00. The second-order valence-corrected chi connectivity index (χ2v) is 11.2. The van der Waals surface area contributed by atoms with Gasteiger partial charge in [-0.1, -0.05) is 54.7 Å². The fourth-order valence-electron chi connectivity index (χ4n) is 4.08. The number of ketones is 1. The van der Waals surface area contributed by atoms with Crippen LogP contribution in [0.1, 0.15) is 33.1 Å². The number of hydrogen-bond donors (Lipinski definition) is 0. The van der Waals surface area contributed by atoms with E-state index in [4.69, 9.17) is 34.8 Å². The SMILES string of the molecule is C=CCN(C(=O)C(Cl)(Cl)Cl)S(=O)(=O)C[C@]12CC[C@H](CC1=O)C2(C)C. The smallest absolute Gasteiger partial charge is 0.288 e. The van der Waals surface area contributed by atoms with Crippen molar-refractivity contribution >= 4 is 56.5 Å². The first-order valence-electron chi connectivity index (χ1n) is 7.55. The molecule has 2 atom stereocenters. The van der Waals surface area contributed by atoms with Gasteiger partial charge in [0.1, 0.15) is 5.78 Å². The summed E-state index contributed by atoms with van der Waals surface area (Å²) in [5.74, 6) is -1.52. The van der Waals surface area contributed by atoms with E-state index in [2.05, 4.69) is 6.58 Å². The number of fused-ring (bicyclic) bond motifs is 2. The summed E-state index contributed by atoms with van der Waals surface area (Å²) >= 11 is 16.7. The summed E-state index contributed by atoms with van der Waals surface area (Å²) in [4.78, 5) is 24.8. The fraction of sp³-hybridized carbons (Fsp3) is 0.733. The Morgan fingerprint density at radius 2 is 2.00 bits per heavy atom. The van der Waals surface area contributed by atoms with Crippen LogP contribution < -0.4 is 0 Å². The van der Waals surface area contributed by atoms with Crippen molar-refractivity contribution in [3.63, 3.8) is 0 Å². The molecule has 136 valence electrons. The number of rotatable bonds is 5. The van der Waals surface area contributed by atoms with Crippen molar-refractivity contribution in [3.8, 4) is 0 Å². The molecule has 2 aliphatic carbocycles. The molecule has 0 heterocycles. The van der Waals surface area contributed by atoms with E-state index in [-0.39, 0.29) is 18.2 Å². The molecule has 0 spiro atoms. The van der Waals surface area contributed by atoms with Gasteiger partial charge in [0.15, 0.2) is 0 Å². The molecule has 5 nitrogen and oxygen atoms in total. The van der Waals surface area contributed by atoms with Gasteiger partial charge < -0.3 is 0 Å². The molecule has 0 aromatic heterocycles. The lowest BCUT2D eigenvalue weighted by Gasteiger charge is -2.37. The van der Waals surface area contributed by atoms with Crippen LogP contribution in [0.15, 0.2) is 12.7 Å². The summed E-state index contributed by atoms with van der Waals surface area (Å²) in [5.41, 5.74) is -1.44. The third-order valence-corrected chi connectivity index (χ3v) is 8.00. The minimum absolute atomic E-state index is 0.0628. The van der Waals surface area contributed by atoms with Crippen molar-refractivity contribution in [3.05, 3.63) is 12.7 Å². The molecule has 2 aliphatic rings. The van der Waals surface area contributed by atoms with Crippen LogP contribution in [0.3, 0.4) is 0 Å². The Kier molecular flexibility index (Phi) is 5.13. The molecule has 0 saturated heterocycles. The molecule has 2 saturated carbocycles. The summed E-state index contributed by atoms with van der Waals surface area (Å²) < 4.78 is 23.9. The highest BCUT2D eigenvalue weighted by Gasteiger charge is 2.66. The lowest BCUT2D eigenvalue weighted by Crippen LogP contribution is -2.50. The highest BCUT2D eigenvalue weighted by molar-refractivity contribution is 7.89. The van der Waals surface area contributed by atoms with Crippen LogP contribution in [0.5, 0.6) is 0 Å². The maximum Gasteiger partial charge on any atom is 0.288 e. The number of nitrogens with zero attached hydrogens (tertiary/aromatic N) is 1. The standard InChI is InChI=1S/C15H20Cl3NO4S/c1-4-7-19(12(21)15(16,17)18)24(22,23)9-14-6-5-10(8-11(14)20)13(14,2)3/h4,10H,1,5-9H2,2-3H3/t10-,14-/m1/s1. The monoisotopic (exact) mass is 415 g/mol. The Morgan fingerprint density at radius 1 is 1.42 bits per heavy atom. The Morgan fingerprint density at radius 3 is 2.38 bits per heavy atom. The number of hydrogen-bond acceptors (Lipinski definition) is 4. The number of halogens is 3. The third-order valence-electron chi connectivity index (χ3n) is 5.67. The first-order valence-corrected chi connectivity index (χ1v) is 10.3. The van der Waals surface area contributed by atoms with E-state index in [9.17, 15) is 18.0 Å². The van der Waals surface area contributed by atoms with Crippen LogP contribution in [-0.2, 0) is 19.6 Å². The van der Waals surface area contributed by atoms with Crippen molar-refractivity contribution in [2.45, 2.75) is 36.9 Å². The van der Waals surface area contributed by atoms with Gasteiger partial charge in [-0.05, 0) is 24.2 Å². The van der Waals surface area contributed by atoms with E-state index in [1.165, 1.54) is 6.08 Å². The van der Waals surface area contributed by atoms with E-state index in [1.807, 2.05) is 13.8 Å². The molecule has 0 aromatic rings. The summed E-state index contributed by atoms with van der Waals surface area (Å²) in [5, 5.41) is 0. The summed E-state index contributed by atoms with van der Waals surface area (Å²) in [6.07, 6.45) is 2.91. The number of sulfonamides is 1. The molecule has 1 amide bonds. The molecule has 0 N–H and O–H groups in total. The number of Topliss-reactive ketones (excluding diaryl/α,β-unsaturated/α-hetero) is 1. The Labute approximate surface area is 157 Å². The number of amides is 1. The molecule has 0 radical (unpaired) electrons. The van der Waals surface area contributed by atoms with Gasteiger partial charge in [-0.3, -0.25) is 9.59 Å². The molecule has 2 rings (SSSR count). The zero-order valence-electron chi connectivity index (χ0n) is 13.5. The second kappa shape index (κ2) is 6.15. The van der Waals surface area contributed by atoms with Gasteiger partial charge in [0.2, 0.25) is 10.0 Å². The largest absolute Gasteiger partial charge is 0.299 e. The minimum atomic E-state index is -4.16. The normalized spacial score (nSPS) is 28.9. The zero-order valence-corrected chi connectivity index (χ0v) is 16.6. The van der Waals surface area contributed by atoms with E-state index < -0.39 is 36.3 Å². The average Bonchev–Trinajstić information content (AvgIpc) is 2.76. The van der Waals surface area contributed by atoms with Crippen molar-refractivity contribution in [1.29, 1.82) is 0 Å². The van der Waals surface area contributed by atoms with E-state index in [0.29, 0.717) is 17.1 Å². The highest BCUT2D eigenvalue weighted by Crippen LogP contribution is 2.64. The summed E-state index contributed by atoms with van der Waals surface area (Å²) in [6, 6.07) is 0. The van der Waals surface area contributed by atoms with Crippen LogP contribution in [0.2, 0.25) is 0 Å². The second-order valence-electron chi connectivity index (χ2n) is 7.05. The fourth-order valence-corrected chi connectivity index (χ4v) is 6.71. The van der Waals surface area contributed by atoms with Gasteiger partial charge in [0.05, 0.1) is 17.7 Å². The molecular formula is C15H20Cl3NO4S. The molecule has 2 bridgehead atoms. The molecule has 2 fully saturated rings. The van der Waals surface area contributed by atoms with Gasteiger partial charge in [-0.15, -0.1) is 6.58 Å². The summed E-state index contributed by atoms with van der Waals surface area (Å²) in [6.45, 7) is 6.96. The van der Waals surface area contributed by atoms with Gasteiger partial charge in [-0.2, -0.15) is 0 Å². The van der Waals surface area contributed by atoms with Crippen molar-refractivity contribution in [2.75, 3.05) is 12.3 Å². The van der Waals surface area contributed by atoms with Crippen LogP contribution in [0, 0.1) is 16.7 Å². The quantitative estimate of drug-likeness (QED) is 0.510. The first kappa shape index (κ1) is 20.0. The number of alkyl halides is 3. The van der Waals surface area contributed by atoms with Gasteiger partial charge in [-0.25, -0.2) is 12.7 Å². The highest BCUT2D eigenvalue weighted by atomic mass is 35.6. The van der Waals surface area contributed by atoms with Crippen LogP contribution in [0.4, 0.5) is 0 Å². The zero-order chi connectivity index (χ0) is 18.6. The maximum absolute atomic E-state index is 12.9. The van der Waals surface area contributed by atoms with E-state index in [0.717, 1.165) is 6.42 Å². The van der Waals surface area contributed by atoms with Crippen LogP contribution in [-0.4, -0.2) is 40.5 Å². The number of carbonyl (C=O) groups is 2. The number of carbonyl (C=O) groups excluding carboxylic acids is 2. The first-order chi connectivity index (χ1) is 10.8. The molecule has 0 aromatic carbocycles. The lowest BCUT2D eigenvalue weighted by molar-refractivity contribution is -0.128. The predicted molar refractivity (Wildman–Crippen MR) is 94.5 cm³/mol. The predicted octanol–water partition coefficient (Wildman–Crippen LogP) is 3.10. The summed E-state index contributed by atoms with van der Waals surface area (Å²) in [7, 11) is -4.16. The Balaban J connectivity index is 2.41. The maximum atomic E-state index is 12.9. The van der Waals surface area contributed by atoms with E-state index in [1.54, 1.807) is 0 Å². The molecular weight excluding hydrogens is 397 g/mol. The van der Waals surface area contributed by atoms with Crippen molar-refractivity contribution in [1.82, 2.24) is 4.31 Å². The van der Waals surface area contributed by atoms with Crippen LogP contribution >= 0.6 is 34.8 Å². The minimum Gasteiger partial charge on any atom is -0.299 e. The molecule has 9 heteroatoms. The topological polar surface area (TPSA) is 71.5 Å². The average molecular weight is 417 g/mol. The van der Waals surface area contributed by atoms with Gasteiger partial charge in [0, 0.05) is 6.42 Å². The molecule has 24 heavy (non-hydrogen) atoms.